The van der Waals surface area contributed by atoms with Gasteiger partial charge in [0.25, 0.3) is 0 Å². The highest BCUT2D eigenvalue weighted by Crippen LogP contribution is 2.43. The molecule has 2 aromatic heterocycles. The molecule has 4 aromatic rings. The van der Waals surface area contributed by atoms with Crippen LogP contribution in [0.5, 0.6) is 0 Å². The molecule has 3 nitrogen and oxygen atoms in total. The highest BCUT2D eigenvalue weighted by atomic mass is 16.3. The Labute approximate surface area is 201 Å². The van der Waals surface area contributed by atoms with Gasteiger partial charge >= 0.3 is 0 Å². The topological polar surface area (TPSA) is 21.4 Å². The summed E-state index contributed by atoms with van der Waals surface area (Å²) in [5.74, 6) is -1.61. The summed E-state index contributed by atoms with van der Waals surface area (Å²) in [6.45, 7) is 15.5. The fourth-order valence-electron chi connectivity index (χ4n) is 4.20. The summed E-state index contributed by atoms with van der Waals surface area (Å²) < 4.78 is 68.2. The van der Waals surface area contributed by atoms with Crippen LogP contribution in [0.3, 0.4) is 0 Å². The molecule has 164 valence electrons. The van der Waals surface area contributed by atoms with Crippen molar-refractivity contribution in [3.63, 3.8) is 0 Å². The molecule has 0 radical (unpaired) electrons. The van der Waals surface area contributed by atoms with E-state index in [1.54, 1.807) is 52.3 Å². The van der Waals surface area contributed by atoms with E-state index in [4.69, 9.17) is 19.2 Å². The molecular weight excluding hydrogens is 392 g/mol. The quantitative estimate of drug-likeness (QED) is 0.237. The van der Waals surface area contributed by atoms with Crippen molar-refractivity contribution in [2.75, 3.05) is 0 Å². The molecule has 0 atom stereocenters. The van der Waals surface area contributed by atoms with Gasteiger partial charge in [0.15, 0.2) is 5.69 Å². The molecule has 0 unspecified atom stereocenters. The molecule has 0 bridgehead atoms. The lowest BCUT2D eigenvalue weighted by atomic mass is 9.93. The van der Waals surface area contributed by atoms with Crippen molar-refractivity contribution in [1.29, 1.82) is 0 Å². The van der Waals surface area contributed by atoms with Gasteiger partial charge in [0, 0.05) is 37.5 Å². The van der Waals surface area contributed by atoms with Gasteiger partial charge in [-0.1, -0.05) is 52.0 Å². The van der Waals surface area contributed by atoms with Gasteiger partial charge < -0.3 is 4.42 Å². The lowest BCUT2D eigenvalue weighted by Gasteiger charge is -2.14. The van der Waals surface area contributed by atoms with Crippen LogP contribution in [0.2, 0.25) is 0 Å². The summed E-state index contributed by atoms with van der Waals surface area (Å²) in [6.07, 6.45) is -2.09. The van der Waals surface area contributed by atoms with E-state index in [0.29, 0.717) is 39.1 Å². The Morgan fingerprint density at radius 1 is 1.16 bits per heavy atom. The number of hydrogen-bond donors (Lipinski definition) is 0. The fraction of sp³-hybridized carbons (Fsp3) is 0.379. The van der Waals surface area contributed by atoms with Gasteiger partial charge in [-0.3, -0.25) is 0 Å². The van der Waals surface area contributed by atoms with Gasteiger partial charge in [-0.25, -0.2) is 4.85 Å². The SMILES string of the molecule is [2H]c1c(C([2H])([2H])C(C)C)c(C([2H])([2H])[2H])c(C)[n+](C)c1-c1c(C)ccc2c1oc1c([N+]#[C-])c(C([2H])(C)C)ccc12. The highest BCUT2D eigenvalue weighted by Gasteiger charge is 2.25. The molecule has 0 saturated carbocycles. The highest BCUT2D eigenvalue weighted by molar-refractivity contribution is 6.13. The van der Waals surface area contributed by atoms with Crippen molar-refractivity contribution in [1.82, 2.24) is 0 Å². The van der Waals surface area contributed by atoms with Crippen molar-refractivity contribution < 1.29 is 18.6 Å². The van der Waals surface area contributed by atoms with E-state index < -0.39 is 25.0 Å². The first-order valence-electron chi connectivity index (χ1n) is 14.3. The zero-order valence-corrected chi connectivity index (χ0v) is 19.7. The molecule has 3 heteroatoms. The maximum Gasteiger partial charge on any atom is 0.232 e. The Balaban J connectivity index is 2.24. The second-order valence-electron chi connectivity index (χ2n) is 8.85. The van der Waals surface area contributed by atoms with Crippen LogP contribution in [0.1, 0.15) is 71.1 Å². The van der Waals surface area contributed by atoms with Crippen LogP contribution >= 0.6 is 0 Å². The van der Waals surface area contributed by atoms with Gasteiger partial charge in [0.1, 0.15) is 18.2 Å². The number of aryl methyl sites for hydroxylation is 1. The van der Waals surface area contributed by atoms with Crippen LogP contribution in [-0.4, -0.2) is 0 Å². The van der Waals surface area contributed by atoms with Crippen LogP contribution in [0.4, 0.5) is 5.69 Å². The predicted octanol–water partition coefficient (Wildman–Crippen LogP) is 7.88. The molecule has 0 saturated heterocycles. The van der Waals surface area contributed by atoms with Crippen molar-refractivity contribution in [3.8, 4) is 11.3 Å². The van der Waals surface area contributed by atoms with Crippen molar-refractivity contribution in [2.45, 2.75) is 60.7 Å². The zero-order valence-electron chi connectivity index (χ0n) is 26.7. The van der Waals surface area contributed by atoms with E-state index in [-0.39, 0.29) is 22.9 Å². The number of nitrogens with zero attached hydrogens (tertiary/aromatic N) is 2. The van der Waals surface area contributed by atoms with Gasteiger partial charge in [0.05, 0.1) is 13.5 Å². The Morgan fingerprint density at radius 2 is 1.84 bits per heavy atom. The first-order chi connectivity index (χ1) is 17.9. The second kappa shape index (κ2) is 8.10. The van der Waals surface area contributed by atoms with Crippen molar-refractivity contribution in [3.05, 3.63) is 69.7 Å². The molecule has 2 aromatic carbocycles. The van der Waals surface area contributed by atoms with E-state index in [9.17, 15) is 1.37 Å². The summed E-state index contributed by atoms with van der Waals surface area (Å²) >= 11 is 0. The van der Waals surface area contributed by atoms with Crippen LogP contribution in [-0.2, 0) is 13.4 Å². The van der Waals surface area contributed by atoms with E-state index in [1.807, 2.05) is 25.1 Å². The third-order valence-corrected chi connectivity index (χ3v) is 6.01. The molecule has 2 heterocycles. The smallest absolute Gasteiger partial charge is 0.232 e. The molecular formula is C29H33N2O+. The molecule has 0 aliphatic rings. The second-order valence-corrected chi connectivity index (χ2v) is 8.85. The van der Waals surface area contributed by atoms with Gasteiger partial charge in [-0.15, -0.1) is 0 Å². The minimum atomic E-state index is -2.63. The summed E-state index contributed by atoms with van der Waals surface area (Å²) in [4.78, 5) is 3.72. The number of fused-ring (bicyclic) bond motifs is 3. The van der Waals surface area contributed by atoms with Gasteiger partial charge in [0.2, 0.25) is 11.4 Å². The molecule has 0 aliphatic carbocycles. The van der Waals surface area contributed by atoms with Crippen LogP contribution in [0.15, 0.2) is 34.7 Å². The van der Waals surface area contributed by atoms with E-state index in [1.165, 1.54) is 0 Å². The Kier molecular flexibility index (Phi) is 3.76. The zero-order chi connectivity index (χ0) is 29.4. The Morgan fingerprint density at radius 3 is 2.47 bits per heavy atom. The largest absolute Gasteiger partial charge is 0.466 e. The Bertz CT molecular complexity index is 1680. The molecule has 0 fully saturated rings. The fourth-order valence-corrected chi connectivity index (χ4v) is 4.20. The van der Waals surface area contributed by atoms with E-state index >= 15 is 0 Å². The number of benzene rings is 2. The van der Waals surface area contributed by atoms with Crippen LogP contribution in [0.25, 0.3) is 38.0 Å². The molecule has 0 amide bonds. The Hall–Kier alpha value is -3.12. The van der Waals surface area contributed by atoms with Gasteiger partial charge in [-0.05, 0) is 48.7 Å². The summed E-state index contributed by atoms with van der Waals surface area (Å²) in [7, 11) is 1.68. The number of pyridine rings is 1. The number of rotatable bonds is 4. The van der Waals surface area contributed by atoms with Crippen LogP contribution in [0, 0.1) is 33.2 Å². The lowest BCUT2D eigenvalue weighted by Crippen LogP contribution is -2.36. The molecule has 4 rings (SSSR count). The summed E-state index contributed by atoms with van der Waals surface area (Å²) in [5, 5.41) is 1.42. The monoisotopic (exact) mass is 432 g/mol. The van der Waals surface area contributed by atoms with E-state index in [2.05, 4.69) is 4.85 Å². The third-order valence-electron chi connectivity index (χ3n) is 6.01. The molecule has 0 N–H and O–H groups in total. The van der Waals surface area contributed by atoms with Gasteiger partial charge in [-0.2, -0.15) is 4.57 Å². The minimum Gasteiger partial charge on any atom is -0.466 e. The first-order valence-corrected chi connectivity index (χ1v) is 10.8. The first kappa shape index (κ1) is 14.9. The molecule has 0 aliphatic heterocycles. The normalized spacial score (nSPS) is 16.2. The minimum absolute atomic E-state index is 0.143. The third kappa shape index (κ3) is 3.39. The van der Waals surface area contributed by atoms with Crippen molar-refractivity contribution in [2.24, 2.45) is 13.0 Å². The number of aromatic nitrogens is 1. The standard InChI is InChI=1S/C29H33N2O/c1-16(2)14-21-15-25(31(9)20(7)19(21)6)26-18(5)10-11-23-24-13-12-22(17(3)4)27(30-8)29(24)32-28(23)26/h10-13,15-17H,14H2,1-7,9H3/q+1/i6D3,14D2,15D,17D. The average molecular weight is 433 g/mol. The van der Waals surface area contributed by atoms with E-state index in [0.717, 1.165) is 10.9 Å². The maximum atomic E-state index is 9.27. The predicted molar refractivity (Wildman–Crippen MR) is 133 cm³/mol. The number of hydrogen-bond acceptors (Lipinski definition) is 1. The van der Waals surface area contributed by atoms with Crippen LogP contribution < -0.4 is 4.57 Å². The average Bonchev–Trinajstić information content (AvgIpc) is 3.19. The summed E-state index contributed by atoms with van der Waals surface area (Å²) in [5.41, 5.74) is 3.27. The summed E-state index contributed by atoms with van der Waals surface area (Å²) in [6, 6.07) is 7.18. The maximum absolute atomic E-state index is 9.27. The lowest BCUT2D eigenvalue weighted by molar-refractivity contribution is -0.667. The number of furan rings is 1. The molecule has 32 heavy (non-hydrogen) atoms. The van der Waals surface area contributed by atoms with Crippen molar-refractivity contribution >= 4 is 27.6 Å². The molecule has 0 spiro atoms.